The van der Waals surface area contributed by atoms with Crippen LogP contribution in [0.5, 0.6) is 0 Å². The van der Waals surface area contributed by atoms with Gasteiger partial charge in [-0.1, -0.05) is 0 Å². The molecule has 0 unspecified atom stereocenters. The van der Waals surface area contributed by atoms with Crippen LogP contribution >= 0.6 is 0 Å². The number of hydrogen-bond donors (Lipinski definition) is 2. The Morgan fingerprint density at radius 1 is 1.27 bits per heavy atom. The van der Waals surface area contributed by atoms with Crippen molar-refractivity contribution in [1.29, 1.82) is 0 Å². The number of carboxylic acid groups (broad SMARTS) is 1. The summed E-state index contributed by atoms with van der Waals surface area (Å²) in [6, 6.07) is 0. The quantitative estimate of drug-likeness (QED) is 0.703. The van der Waals surface area contributed by atoms with Crippen molar-refractivity contribution in [2.24, 2.45) is 0 Å². The SMILES string of the molecule is O=C(O)C1(NCCN2CCCC2)CCC1. The Morgan fingerprint density at radius 2 is 1.93 bits per heavy atom. The van der Waals surface area contributed by atoms with E-state index in [1.165, 1.54) is 25.9 Å². The van der Waals surface area contributed by atoms with Crippen LogP contribution in [0, 0.1) is 0 Å². The van der Waals surface area contributed by atoms with Crippen LogP contribution in [-0.4, -0.2) is 47.7 Å². The number of carbonyl (C=O) groups is 1. The van der Waals surface area contributed by atoms with Crippen LogP contribution < -0.4 is 5.32 Å². The van der Waals surface area contributed by atoms with Crippen LogP contribution in [0.2, 0.25) is 0 Å². The first-order valence-corrected chi connectivity index (χ1v) is 5.94. The van der Waals surface area contributed by atoms with Crippen molar-refractivity contribution in [3.8, 4) is 0 Å². The highest BCUT2D eigenvalue weighted by Crippen LogP contribution is 2.31. The summed E-state index contributed by atoms with van der Waals surface area (Å²) in [6.07, 6.45) is 5.22. The molecule has 2 N–H and O–H groups in total. The van der Waals surface area contributed by atoms with Crippen LogP contribution in [-0.2, 0) is 4.79 Å². The Bertz CT molecular complexity index is 233. The fraction of sp³-hybridized carbons (Fsp3) is 0.909. The normalized spacial score (nSPS) is 25.1. The van der Waals surface area contributed by atoms with Gasteiger partial charge in [0.15, 0.2) is 0 Å². The lowest BCUT2D eigenvalue weighted by molar-refractivity contribution is -0.148. The first-order chi connectivity index (χ1) is 7.23. The molecule has 0 atom stereocenters. The van der Waals surface area contributed by atoms with Gasteiger partial charge < -0.3 is 15.3 Å². The molecular formula is C11H20N2O2. The predicted octanol–water partition coefficient (Wildman–Crippen LogP) is 0.679. The van der Waals surface area contributed by atoms with E-state index in [0.717, 1.165) is 32.4 Å². The first-order valence-electron chi connectivity index (χ1n) is 5.94. The van der Waals surface area contributed by atoms with Gasteiger partial charge in [0.1, 0.15) is 5.54 Å². The largest absolute Gasteiger partial charge is 0.480 e. The lowest BCUT2D eigenvalue weighted by Gasteiger charge is -2.38. The number of likely N-dealkylation sites (tertiary alicyclic amines) is 1. The number of nitrogens with zero attached hydrogens (tertiary/aromatic N) is 1. The second-order valence-corrected chi connectivity index (χ2v) is 4.72. The standard InChI is InChI=1S/C11H20N2O2/c14-10(15)11(4-3-5-11)12-6-9-13-7-1-2-8-13/h12H,1-9H2,(H,14,15). The number of rotatable bonds is 5. The summed E-state index contributed by atoms with van der Waals surface area (Å²) in [5.74, 6) is -0.671. The minimum atomic E-state index is -0.671. The van der Waals surface area contributed by atoms with Gasteiger partial charge in [-0.3, -0.25) is 4.79 Å². The fourth-order valence-corrected chi connectivity index (χ4v) is 2.46. The third kappa shape index (κ3) is 2.32. The Balaban J connectivity index is 1.69. The molecule has 2 rings (SSSR count). The molecule has 4 nitrogen and oxygen atoms in total. The van der Waals surface area contributed by atoms with Crippen LogP contribution in [0.15, 0.2) is 0 Å². The van der Waals surface area contributed by atoms with E-state index in [1.54, 1.807) is 0 Å². The topological polar surface area (TPSA) is 52.6 Å². The summed E-state index contributed by atoms with van der Waals surface area (Å²) < 4.78 is 0. The van der Waals surface area contributed by atoms with Crippen molar-refractivity contribution in [2.45, 2.75) is 37.6 Å². The average Bonchev–Trinajstić information content (AvgIpc) is 2.61. The maximum atomic E-state index is 11.1. The summed E-state index contributed by atoms with van der Waals surface area (Å²) in [5, 5.41) is 12.3. The van der Waals surface area contributed by atoms with E-state index in [-0.39, 0.29) is 0 Å². The minimum Gasteiger partial charge on any atom is -0.480 e. The van der Waals surface area contributed by atoms with Crippen LogP contribution in [0.1, 0.15) is 32.1 Å². The molecule has 0 amide bonds. The van der Waals surface area contributed by atoms with E-state index >= 15 is 0 Å². The lowest BCUT2D eigenvalue weighted by Crippen LogP contribution is -2.58. The summed E-state index contributed by atoms with van der Waals surface area (Å²) >= 11 is 0. The van der Waals surface area contributed by atoms with Crippen molar-refractivity contribution < 1.29 is 9.90 Å². The molecule has 1 saturated heterocycles. The monoisotopic (exact) mass is 212 g/mol. The number of carboxylic acids is 1. The van der Waals surface area contributed by atoms with Crippen molar-refractivity contribution in [3.05, 3.63) is 0 Å². The first kappa shape index (κ1) is 10.9. The van der Waals surface area contributed by atoms with Crippen LogP contribution in [0.3, 0.4) is 0 Å². The maximum Gasteiger partial charge on any atom is 0.323 e. The van der Waals surface area contributed by atoms with Gasteiger partial charge in [-0.2, -0.15) is 0 Å². The molecule has 0 aromatic heterocycles. The molecule has 0 radical (unpaired) electrons. The molecule has 4 heteroatoms. The van der Waals surface area contributed by atoms with Gasteiger partial charge in [-0.15, -0.1) is 0 Å². The van der Waals surface area contributed by atoms with E-state index in [9.17, 15) is 4.79 Å². The molecule has 1 heterocycles. The zero-order chi connectivity index (χ0) is 10.7. The minimum absolute atomic E-state index is 0.584. The highest BCUT2D eigenvalue weighted by Gasteiger charge is 2.43. The fourth-order valence-electron chi connectivity index (χ4n) is 2.46. The molecule has 2 aliphatic rings. The van der Waals surface area contributed by atoms with Gasteiger partial charge in [-0.05, 0) is 45.2 Å². The molecule has 1 aliphatic carbocycles. The van der Waals surface area contributed by atoms with Crippen LogP contribution in [0.4, 0.5) is 0 Å². The third-order valence-corrected chi connectivity index (χ3v) is 3.71. The molecule has 2 fully saturated rings. The highest BCUT2D eigenvalue weighted by molar-refractivity contribution is 5.79. The van der Waals surface area contributed by atoms with Crippen molar-refractivity contribution in [2.75, 3.05) is 26.2 Å². The Labute approximate surface area is 90.6 Å². The third-order valence-electron chi connectivity index (χ3n) is 3.71. The van der Waals surface area contributed by atoms with Gasteiger partial charge in [0.2, 0.25) is 0 Å². The van der Waals surface area contributed by atoms with E-state index in [2.05, 4.69) is 10.2 Å². The molecule has 1 aliphatic heterocycles. The van der Waals surface area contributed by atoms with Gasteiger partial charge in [0.05, 0.1) is 0 Å². The number of hydrogen-bond acceptors (Lipinski definition) is 3. The van der Waals surface area contributed by atoms with Crippen molar-refractivity contribution in [3.63, 3.8) is 0 Å². The van der Waals surface area contributed by atoms with Crippen molar-refractivity contribution >= 4 is 5.97 Å². The summed E-state index contributed by atoms with van der Waals surface area (Å²) in [7, 11) is 0. The molecule has 1 saturated carbocycles. The summed E-state index contributed by atoms with van der Waals surface area (Å²) in [4.78, 5) is 13.5. The van der Waals surface area contributed by atoms with Crippen LogP contribution in [0.25, 0.3) is 0 Å². The Kier molecular flexibility index (Phi) is 3.26. The second-order valence-electron chi connectivity index (χ2n) is 4.72. The molecule has 0 spiro atoms. The second kappa shape index (κ2) is 4.49. The highest BCUT2D eigenvalue weighted by atomic mass is 16.4. The Morgan fingerprint density at radius 3 is 2.40 bits per heavy atom. The smallest absolute Gasteiger partial charge is 0.323 e. The molecular weight excluding hydrogens is 192 g/mol. The summed E-state index contributed by atoms with van der Waals surface area (Å²) in [5.41, 5.74) is -0.584. The molecule has 0 bridgehead atoms. The van der Waals surface area contributed by atoms with E-state index in [4.69, 9.17) is 5.11 Å². The zero-order valence-corrected chi connectivity index (χ0v) is 9.17. The van der Waals surface area contributed by atoms with Gasteiger partial charge in [0.25, 0.3) is 0 Å². The Hall–Kier alpha value is -0.610. The predicted molar refractivity (Wildman–Crippen MR) is 57.9 cm³/mol. The van der Waals surface area contributed by atoms with Crippen molar-refractivity contribution in [1.82, 2.24) is 10.2 Å². The van der Waals surface area contributed by atoms with Gasteiger partial charge in [-0.25, -0.2) is 0 Å². The maximum absolute atomic E-state index is 11.1. The lowest BCUT2D eigenvalue weighted by atomic mass is 9.77. The van der Waals surface area contributed by atoms with E-state index in [1.807, 2.05) is 0 Å². The molecule has 0 aromatic rings. The number of nitrogens with one attached hydrogen (secondary N) is 1. The van der Waals surface area contributed by atoms with Gasteiger partial charge >= 0.3 is 5.97 Å². The van der Waals surface area contributed by atoms with Gasteiger partial charge in [0, 0.05) is 13.1 Å². The molecule has 0 aromatic carbocycles. The summed E-state index contributed by atoms with van der Waals surface area (Å²) in [6.45, 7) is 4.17. The van der Waals surface area contributed by atoms with E-state index in [0.29, 0.717) is 0 Å². The molecule has 86 valence electrons. The van der Waals surface area contributed by atoms with E-state index < -0.39 is 11.5 Å². The zero-order valence-electron chi connectivity index (χ0n) is 9.17. The number of aliphatic carboxylic acids is 1. The molecule has 15 heavy (non-hydrogen) atoms. The average molecular weight is 212 g/mol.